The number of hydrogen-bond acceptors (Lipinski definition) is 2. The fourth-order valence-corrected chi connectivity index (χ4v) is 4.56. The van der Waals surface area contributed by atoms with Crippen molar-refractivity contribution >= 4 is 45.1 Å². The summed E-state index contributed by atoms with van der Waals surface area (Å²) in [5.41, 5.74) is 5.30. The van der Waals surface area contributed by atoms with Crippen LogP contribution in [-0.2, 0) is 26.1 Å². The molecule has 0 amide bonds. The molecule has 126 valence electrons. The summed E-state index contributed by atoms with van der Waals surface area (Å²) >= 11 is 0. The molecule has 1 rings (SSSR count). The predicted octanol–water partition coefficient (Wildman–Crippen LogP) is 5.65. The Kier molecular flexibility index (Phi) is 8.61. The fourth-order valence-electron chi connectivity index (χ4n) is 3.07. The summed E-state index contributed by atoms with van der Waals surface area (Å²) in [5.74, 6) is 0. The van der Waals surface area contributed by atoms with Crippen LogP contribution in [0.5, 0.6) is 0 Å². The Bertz CT molecular complexity index is 545. The molecule has 2 nitrogen and oxygen atoms in total. The zero-order chi connectivity index (χ0) is 17.3. The van der Waals surface area contributed by atoms with Crippen LogP contribution in [-0.4, -0.2) is 51.0 Å². The van der Waals surface area contributed by atoms with E-state index in [-0.39, 0.29) is 48.6 Å². The van der Waals surface area contributed by atoms with Crippen LogP contribution in [0, 0.1) is 6.92 Å². The van der Waals surface area contributed by atoms with E-state index in [4.69, 9.17) is 4.52 Å². The maximum absolute atomic E-state index is 12.6. The summed E-state index contributed by atoms with van der Waals surface area (Å²) in [6, 6.07) is 4.44. The van der Waals surface area contributed by atoms with Crippen molar-refractivity contribution in [3.05, 3.63) is 34.4 Å². The van der Waals surface area contributed by atoms with Crippen molar-refractivity contribution in [2.24, 2.45) is 0 Å². The second kappa shape index (κ2) is 8.37. The smallest absolute Gasteiger partial charge is 0.329 e. The molecule has 0 saturated carbocycles. The van der Waals surface area contributed by atoms with Gasteiger partial charge in [-0.1, -0.05) is 53.7 Å². The van der Waals surface area contributed by atoms with Gasteiger partial charge in [0.05, 0.1) is 6.61 Å². The van der Waals surface area contributed by atoms with Crippen molar-refractivity contribution in [1.29, 1.82) is 0 Å². The van der Waals surface area contributed by atoms with Crippen molar-refractivity contribution in [1.82, 2.24) is 0 Å². The maximum atomic E-state index is 12.6. The standard InChI is InChI=1S/C19H33O2P.Ca/c1-10-21-22(9,20)13-15-11-16(18(3,4)5)14(2)17(12-15)19(6,7)8;/h11-12H,10,13H2,1-9H3;/q;+2. The average Bonchev–Trinajstić information content (AvgIpc) is 2.27. The molecule has 0 aliphatic carbocycles. The van der Waals surface area contributed by atoms with Gasteiger partial charge in [-0.15, -0.1) is 0 Å². The summed E-state index contributed by atoms with van der Waals surface area (Å²) < 4.78 is 18.0. The third-order valence-corrected chi connectivity index (χ3v) is 5.70. The van der Waals surface area contributed by atoms with Crippen LogP contribution < -0.4 is 0 Å². The van der Waals surface area contributed by atoms with E-state index in [0.29, 0.717) is 12.8 Å². The summed E-state index contributed by atoms with van der Waals surface area (Å²) in [5, 5.41) is 0. The summed E-state index contributed by atoms with van der Waals surface area (Å²) in [7, 11) is -2.57. The van der Waals surface area contributed by atoms with Gasteiger partial charge >= 0.3 is 37.7 Å². The van der Waals surface area contributed by atoms with Gasteiger partial charge in [-0.05, 0) is 46.9 Å². The molecule has 0 aliphatic rings. The largest absolute Gasteiger partial charge is 2.00 e. The van der Waals surface area contributed by atoms with Crippen molar-refractivity contribution in [2.75, 3.05) is 13.3 Å². The molecule has 1 atom stereocenters. The zero-order valence-corrected chi connectivity index (χ0v) is 19.6. The van der Waals surface area contributed by atoms with Crippen molar-refractivity contribution in [3.8, 4) is 0 Å². The third kappa shape index (κ3) is 6.83. The van der Waals surface area contributed by atoms with Crippen molar-refractivity contribution < 1.29 is 9.09 Å². The molecule has 1 aromatic rings. The second-order valence-corrected chi connectivity index (χ2v) is 11.0. The van der Waals surface area contributed by atoms with Crippen LogP contribution in [0.25, 0.3) is 0 Å². The topological polar surface area (TPSA) is 26.3 Å². The van der Waals surface area contributed by atoms with E-state index in [1.807, 2.05) is 6.92 Å². The maximum Gasteiger partial charge on any atom is 2.00 e. The number of benzene rings is 1. The quantitative estimate of drug-likeness (QED) is 0.509. The first kappa shape index (κ1) is 23.7. The van der Waals surface area contributed by atoms with Gasteiger partial charge in [0, 0.05) is 12.8 Å². The second-order valence-electron chi connectivity index (χ2n) is 8.41. The molecule has 0 radical (unpaired) electrons. The Morgan fingerprint density at radius 2 is 1.39 bits per heavy atom. The fraction of sp³-hybridized carbons (Fsp3) is 0.684. The minimum atomic E-state index is -2.57. The van der Waals surface area contributed by atoms with E-state index in [0.717, 1.165) is 5.56 Å². The molecule has 0 aromatic heterocycles. The molecule has 0 saturated heterocycles. The van der Waals surface area contributed by atoms with E-state index in [1.54, 1.807) is 6.66 Å². The zero-order valence-electron chi connectivity index (χ0n) is 16.5. The summed E-state index contributed by atoms with van der Waals surface area (Å²) in [4.78, 5) is 0. The molecule has 0 bridgehead atoms. The van der Waals surface area contributed by atoms with Crippen LogP contribution in [0.3, 0.4) is 0 Å². The van der Waals surface area contributed by atoms with Crippen molar-refractivity contribution in [3.63, 3.8) is 0 Å². The molecule has 23 heavy (non-hydrogen) atoms. The Hall–Kier alpha value is 0.670. The van der Waals surface area contributed by atoms with Crippen LogP contribution in [0.1, 0.15) is 70.7 Å². The first-order chi connectivity index (χ1) is 9.78. The molecule has 0 aliphatic heterocycles. The molecular weight excluding hydrogens is 331 g/mol. The van der Waals surface area contributed by atoms with Crippen LogP contribution in [0.15, 0.2) is 12.1 Å². The van der Waals surface area contributed by atoms with E-state index < -0.39 is 7.37 Å². The molecule has 0 spiro atoms. The summed E-state index contributed by atoms with van der Waals surface area (Å²) in [6.45, 7) is 19.8. The van der Waals surface area contributed by atoms with Crippen LogP contribution >= 0.6 is 7.37 Å². The normalized spacial score (nSPS) is 15.0. The van der Waals surface area contributed by atoms with Gasteiger partial charge in [0.15, 0.2) is 0 Å². The van der Waals surface area contributed by atoms with Gasteiger partial charge in [0.25, 0.3) is 0 Å². The Morgan fingerprint density at radius 3 is 1.70 bits per heavy atom. The monoisotopic (exact) mass is 364 g/mol. The minimum absolute atomic E-state index is 0. The van der Waals surface area contributed by atoms with Gasteiger partial charge in [-0.25, -0.2) is 0 Å². The molecular formula is C19H33CaO2P+2. The van der Waals surface area contributed by atoms with Crippen LogP contribution in [0.4, 0.5) is 0 Å². The molecule has 0 N–H and O–H groups in total. The SMILES string of the molecule is CCOP(C)(=O)Cc1cc(C(C)(C)C)c(C)c(C(C)(C)C)c1.[Ca+2]. The molecule has 4 heteroatoms. The van der Waals surface area contributed by atoms with E-state index in [1.165, 1.54) is 16.7 Å². The number of rotatable bonds is 4. The molecule has 0 heterocycles. The Morgan fingerprint density at radius 1 is 1.00 bits per heavy atom. The van der Waals surface area contributed by atoms with Gasteiger partial charge in [-0.2, -0.15) is 0 Å². The van der Waals surface area contributed by atoms with E-state index in [9.17, 15) is 4.57 Å². The average molecular weight is 365 g/mol. The summed E-state index contributed by atoms with van der Waals surface area (Å²) in [6.07, 6.45) is 0.507. The molecule has 0 fully saturated rings. The number of hydrogen-bond donors (Lipinski definition) is 0. The van der Waals surface area contributed by atoms with Gasteiger partial charge in [0.1, 0.15) is 0 Å². The molecule has 1 aromatic carbocycles. The van der Waals surface area contributed by atoms with Gasteiger partial charge < -0.3 is 4.52 Å². The van der Waals surface area contributed by atoms with E-state index >= 15 is 0 Å². The van der Waals surface area contributed by atoms with Crippen LogP contribution in [0.2, 0.25) is 0 Å². The Balaban J connectivity index is 0.00000484. The van der Waals surface area contributed by atoms with E-state index in [2.05, 4.69) is 60.6 Å². The van der Waals surface area contributed by atoms with Gasteiger partial charge in [-0.3, -0.25) is 4.57 Å². The van der Waals surface area contributed by atoms with Gasteiger partial charge in [0.2, 0.25) is 7.37 Å². The van der Waals surface area contributed by atoms with Crippen molar-refractivity contribution in [2.45, 2.75) is 72.4 Å². The predicted molar refractivity (Wildman–Crippen MR) is 103 cm³/mol. The third-order valence-electron chi connectivity index (χ3n) is 3.96. The first-order valence-corrected chi connectivity index (χ1v) is 10.4. The first-order valence-electron chi connectivity index (χ1n) is 8.13. The molecule has 1 unspecified atom stereocenters. The Labute approximate surface area is 173 Å². The minimum Gasteiger partial charge on any atom is -0.329 e.